The second-order valence-electron chi connectivity index (χ2n) is 6.30. The molecule has 7 heteroatoms. The molecule has 0 saturated carbocycles. The van der Waals surface area contributed by atoms with E-state index in [-0.39, 0.29) is 11.5 Å². The molecule has 2 aromatic rings. The molecule has 0 atom stereocenters. The number of nitrogens with zero attached hydrogens (tertiary/aromatic N) is 2. The summed E-state index contributed by atoms with van der Waals surface area (Å²) in [5.74, 6) is -1.43. The number of carbonyl (C=O) groups is 2. The van der Waals surface area contributed by atoms with Crippen molar-refractivity contribution in [2.45, 2.75) is 33.1 Å². The number of hydrogen-bond acceptors (Lipinski definition) is 5. The highest BCUT2D eigenvalue weighted by molar-refractivity contribution is 6.04. The number of azo groups is 1. The van der Waals surface area contributed by atoms with Crippen LogP contribution in [0.4, 0.5) is 11.4 Å². The highest BCUT2D eigenvalue weighted by atomic mass is 16.3. The Bertz CT molecular complexity index is 881. The fourth-order valence-electron chi connectivity index (χ4n) is 2.41. The van der Waals surface area contributed by atoms with Gasteiger partial charge in [-0.1, -0.05) is 25.5 Å². The first kappa shape index (κ1) is 20.8. The maximum atomic E-state index is 12.4. The summed E-state index contributed by atoms with van der Waals surface area (Å²) in [6.45, 7) is 3.50. The van der Waals surface area contributed by atoms with Crippen LogP contribution in [-0.4, -0.2) is 16.9 Å². The third-order valence-electron chi connectivity index (χ3n) is 4.01. The van der Waals surface area contributed by atoms with Crippen LogP contribution in [-0.2, 0) is 11.2 Å². The van der Waals surface area contributed by atoms with E-state index in [4.69, 9.17) is 5.73 Å². The molecule has 146 valence electrons. The molecule has 0 radical (unpaired) electrons. The highest BCUT2D eigenvalue weighted by Crippen LogP contribution is 2.18. The van der Waals surface area contributed by atoms with Crippen molar-refractivity contribution in [1.29, 1.82) is 0 Å². The van der Waals surface area contributed by atoms with Crippen molar-refractivity contribution in [3.63, 3.8) is 0 Å². The zero-order chi connectivity index (χ0) is 20.5. The number of benzene rings is 2. The fourth-order valence-corrected chi connectivity index (χ4v) is 2.41. The Balaban J connectivity index is 2.08. The van der Waals surface area contributed by atoms with Crippen molar-refractivity contribution < 1.29 is 14.7 Å². The molecular formula is C21H24N4O3. The van der Waals surface area contributed by atoms with Gasteiger partial charge in [0.05, 0.1) is 5.69 Å². The Hall–Kier alpha value is -3.48. The quantitative estimate of drug-likeness (QED) is 0.352. The molecular weight excluding hydrogens is 356 g/mol. The Labute approximate surface area is 164 Å². The number of nitrogens with one attached hydrogen (secondary N) is 1. The van der Waals surface area contributed by atoms with E-state index in [1.165, 1.54) is 36.8 Å². The molecule has 2 rings (SSSR count). The van der Waals surface area contributed by atoms with Gasteiger partial charge in [0.1, 0.15) is 5.76 Å². The molecule has 7 nitrogen and oxygen atoms in total. The van der Waals surface area contributed by atoms with Gasteiger partial charge in [0.2, 0.25) is 5.91 Å². The Morgan fingerprint density at radius 3 is 2.25 bits per heavy atom. The van der Waals surface area contributed by atoms with Gasteiger partial charge < -0.3 is 16.2 Å². The second-order valence-corrected chi connectivity index (χ2v) is 6.30. The average molecular weight is 380 g/mol. The molecule has 0 saturated heterocycles. The summed E-state index contributed by atoms with van der Waals surface area (Å²) < 4.78 is 0. The first-order valence-electron chi connectivity index (χ1n) is 9.02. The van der Waals surface area contributed by atoms with Gasteiger partial charge in [0, 0.05) is 11.3 Å². The number of aliphatic hydroxyl groups is 1. The number of rotatable bonds is 8. The van der Waals surface area contributed by atoms with Gasteiger partial charge in [-0.15, -0.1) is 5.11 Å². The van der Waals surface area contributed by atoms with E-state index < -0.39 is 11.8 Å². The molecule has 0 aromatic heterocycles. The summed E-state index contributed by atoms with van der Waals surface area (Å²) in [6.07, 6.45) is 3.26. The van der Waals surface area contributed by atoms with Crippen molar-refractivity contribution in [2.75, 3.05) is 5.32 Å². The summed E-state index contributed by atoms with van der Waals surface area (Å²) in [6, 6.07) is 13.6. The van der Waals surface area contributed by atoms with Crippen LogP contribution in [0.3, 0.4) is 0 Å². The van der Waals surface area contributed by atoms with E-state index in [2.05, 4.69) is 22.5 Å². The lowest BCUT2D eigenvalue weighted by Crippen LogP contribution is -2.15. The number of unbranched alkanes of at least 4 members (excludes halogenated alkanes) is 1. The smallest absolute Gasteiger partial charge is 0.279 e. The Morgan fingerprint density at radius 2 is 1.71 bits per heavy atom. The highest BCUT2D eigenvalue weighted by Gasteiger charge is 2.13. The van der Waals surface area contributed by atoms with Crippen LogP contribution in [0.1, 0.15) is 42.6 Å². The predicted octanol–water partition coefficient (Wildman–Crippen LogP) is 4.64. The van der Waals surface area contributed by atoms with Crippen LogP contribution < -0.4 is 11.1 Å². The summed E-state index contributed by atoms with van der Waals surface area (Å²) >= 11 is 0. The minimum absolute atomic E-state index is 0.200. The molecule has 0 fully saturated rings. The van der Waals surface area contributed by atoms with Crippen LogP contribution in [0.25, 0.3) is 0 Å². The number of primary amides is 1. The lowest BCUT2D eigenvalue weighted by Gasteiger charge is -2.06. The standard InChI is InChI=1S/C21H24N4O3/c1-3-4-5-15-6-10-18(11-7-15)24-25-19(14(2)26)21(28)23-17-12-8-16(9-13-17)20(22)27/h6-13,26H,3-5H2,1-2H3,(H2,22,27)(H,23,28)/b19-14+,25-24?. The molecule has 0 aliphatic heterocycles. The van der Waals surface area contributed by atoms with E-state index in [0.29, 0.717) is 16.9 Å². The van der Waals surface area contributed by atoms with E-state index in [1.807, 2.05) is 24.3 Å². The van der Waals surface area contributed by atoms with Crippen LogP contribution in [0.5, 0.6) is 0 Å². The van der Waals surface area contributed by atoms with Gasteiger partial charge in [0.25, 0.3) is 5.91 Å². The third kappa shape index (κ3) is 6.05. The summed E-state index contributed by atoms with van der Waals surface area (Å²) in [5, 5.41) is 20.3. The maximum absolute atomic E-state index is 12.4. The van der Waals surface area contributed by atoms with Gasteiger partial charge in [-0.25, -0.2) is 0 Å². The van der Waals surface area contributed by atoms with Gasteiger partial charge in [-0.3, -0.25) is 9.59 Å². The Morgan fingerprint density at radius 1 is 1.07 bits per heavy atom. The minimum atomic E-state index is -0.616. The van der Waals surface area contributed by atoms with E-state index in [1.54, 1.807) is 0 Å². The van der Waals surface area contributed by atoms with Crippen molar-refractivity contribution in [3.05, 3.63) is 71.1 Å². The zero-order valence-electron chi connectivity index (χ0n) is 16.0. The summed E-state index contributed by atoms with van der Waals surface area (Å²) in [5.41, 5.74) is 7.55. The van der Waals surface area contributed by atoms with E-state index in [9.17, 15) is 14.7 Å². The zero-order valence-corrected chi connectivity index (χ0v) is 16.0. The molecule has 2 aromatic carbocycles. The number of carbonyl (C=O) groups excluding carboxylic acids is 2. The Kier molecular flexibility index (Phi) is 7.45. The third-order valence-corrected chi connectivity index (χ3v) is 4.01. The number of amides is 2. The van der Waals surface area contributed by atoms with Crippen LogP contribution in [0.15, 0.2) is 70.2 Å². The van der Waals surface area contributed by atoms with Crippen molar-refractivity contribution in [3.8, 4) is 0 Å². The van der Waals surface area contributed by atoms with Gasteiger partial charge >= 0.3 is 0 Å². The molecule has 2 amide bonds. The summed E-state index contributed by atoms with van der Waals surface area (Å²) in [7, 11) is 0. The number of nitrogens with two attached hydrogens (primary N) is 1. The molecule has 28 heavy (non-hydrogen) atoms. The number of allylic oxidation sites excluding steroid dienone is 1. The van der Waals surface area contributed by atoms with Gasteiger partial charge in [-0.05, 0) is 61.7 Å². The van der Waals surface area contributed by atoms with Crippen LogP contribution in [0, 0.1) is 0 Å². The normalized spacial score (nSPS) is 11.9. The summed E-state index contributed by atoms with van der Waals surface area (Å²) in [4.78, 5) is 23.5. The van der Waals surface area contributed by atoms with Crippen molar-refractivity contribution in [2.24, 2.45) is 16.0 Å². The van der Waals surface area contributed by atoms with Crippen molar-refractivity contribution in [1.82, 2.24) is 0 Å². The van der Waals surface area contributed by atoms with Crippen molar-refractivity contribution >= 4 is 23.2 Å². The minimum Gasteiger partial charge on any atom is -0.510 e. The second kappa shape index (κ2) is 10.0. The first-order chi connectivity index (χ1) is 13.4. The maximum Gasteiger partial charge on any atom is 0.279 e. The molecule has 0 unspecified atom stereocenters. The number of aryl methyl sites for hydroxylation is 1. The number of hydrogen-bond donors (Lipinski definition) is 3. The molecule has 0 aliphatic rings. The molecule has 0 bridgehead atoms. The molecule has 0 aliphatic carbocycles. The molecule has 0 spiro atoms. The lowest BCUT2D eigenvalue weighted by molar-refractivity contribution is -0.113. The van der Waals surface area contributed by atoms with Crippen LogP contribution >= 0.6 is 0 Å². The van der Waals surface area contributed by atoms with Crippen LogP contribution in [0.2, 0.25) is 0 Å². The number of aliphatic hydroxyl groups excluding tert-OH is 1. The topological polar surface area (TPSA) is 117 Å². The van der Waals surface area contributed by atoms with E-state index >= 15 is 0 Å². The fraction of sp³-hybridized carbons (Fsp3) is 0.238. The average Bonchev–Trinajstić information content (AvgIpc) is 2.67. The largest absolute Gasteiger partial charge is 0.510 e. The van der Waals surface area contributed by atoms with Gasteiger partial charge in [0.15, 0.2) is 5.70 Å². The molecule has 0 heterocycles. The van der Waals surface area contributed by atoms with Gasteiger partial charge in [-0.2, -0.15) is 5.11 Å². The van der Waals surface area contributed by atoms with E-state index in [0.717, 1.165) is 19.3 Å². The SMILES string of the molecule is CCCCc1ccc(N=N/C(C(=O)Nc2ccc(C(N)=O)cc2)=C(\C)O)cc1. The predicted molar refractivity (Wildman–Crippen MR) is 108 cm³/mol. The lowest BCUT2D eigenvalue weighted by atomic mass is 10.1. The monoisotopic (exact) mass is 380 g/mol. The molecule has 4 N–H and O–H groups in total. The first-order valence-corrected chi connectivity index (χ1v) is 9.02. The number of anilines is 1.